The second-order valence-corrected chi connectivity index (χ2v) is 5.35. The number of hydrogen-bond acceptors (Lipinski definition) is 3. The summed E-state index contributed by atoms with van der Waals surface area (Å²) in [5, 5.41) is 18.5. The predicted octanol–water partition coefficient (Wildman–Crippen LogP) is 4.04. The average Bonchev–Trinajstić information content (AvgIpc) is 2.97. The first-order chi connectivity index (χ1) is 12.3. The molecule has 1 aromatic carbocycles. The smallest absolute Gasteiger partial charge is 0.416 e. The molecule has 0 saturated heterocycles. The van der Waals surface area contributed by atoms with Crippen LogP contribution in [0, 0.1) is 11.3 Å². The minimum atomic E-state index is -4.49. The number of aromatic nitrogens is 2. The van der Waals surface area contributed by atoms with Crippen LogP contribution in [0.25, 0.3) is 22.8 Å². The standard InChI is InChI=1S/C18H10F3N3O2/c19-18(20,21)13-3-1-4-14(8-13)24-10-12(7-11(9-22)17(25)26)15-5-2-6-23-16(15)24/h1-8,10H,(H,25,26)/b11-7+. The topological polar surface area (TPSA) is 78.9 Å². The minimum absolute atomic E-state index is 0.219. The molecule has 3 rings (SSSR count). The molecule has 0 aliphatic heterocycles. The Bertz CT molecular complexity index is 1080. The van der Waals surface area contributed by atoms with Crippen LogP contribution in [0.5, 0.6) is 0 Å². The Kier molecular flexibility index (Phi) is 4.22. The second kappa shape index (κ2) is 6.37. The first-order valence-electron chi connectivity index (χ1n) is 7.30. The van der Waals surface area contributed by atoms with E-state index in [-0.39, 0.29) is 5.69 Å². The zero-order valence-electron chi connectivity index (χ0n) is 13.0. The van der Waals surface area contributed by atoms with E-state index in [0.717, 1.165) is 18.2 Å². The molecule has 5 nitrogen and oxygen atoms in total. The lowest BCUT2D eigenvalue weighted by Gasteiger charge is -2.10. The van der Waals surface area contributed by atoms with E-state index in [1.807, 2.05) is 0 Å². The third-order valence-electron chi connectivity index (χ3n) is 3.70. The van der Waals surface area contributed by atoms with Crippen LogP contribution in [0.15, 0.2) is 54.4 Å². The zero-order chi connectivity index (χ0) is 18.9. The zero-order valence-corrected chi connectivity index (χ0v) is 13.0. The van der Waals surface area contributed by atoms with Crippen LogP contribution >= 0.6 is 0 Å². The van der Waals surface area contributed by atoms with Crippen molar-refractivity contribution < 1.29 is 23.1 Å². The monoisotopic (exact) mass is 357 g/mol. The SMILES string of the molecule is N#C/C(=C\c1cn(-c2cccc(C(F)(F)F)c2)c2ncccc12)C(=O)O. The molecular formula is C18H10F3N3O2. The molecule has 0 unspecified atom stereocenters. The number of nitriles is 1. The van der Waals surface area contributed by atoms with Crippen molar-refractivity contribution in [2.24, 2.45) is 0 Å². The van der Waals surface area contributed by atoms with E-state index >= 15 is 0 Å². The highest BCUT2D eigenvalue weighted by atomic mass is 19.4. The summed E-state index contributed by atoms with van der Waals surface area (Å²) >= 11 is 0. The lowest BCUT2D eigenvalue weighted by atomic mass is 10.1. The van der Waals surface area contributed by atoms with Crippen LogP contribution in [0.1, 0.15) is 11.1 Å². The van der Waals surface area contributed by atoms with Gasteiger partial charge in [0, 0.05) is 29.0 Å². The molecule has 1 N–H and O–H groups in total. The van der Waals surface area contributed by atoms with Crippen molar-refractivity contribution in [1.82, 2.24) is 9.55 Å². The molecule has 0 amide bonds. The highest BCUT2D eigenvalue weighted by molar-refractivity contribution is 6.00. The van der Waals surface area contributed by atoms with E-state index in [9.17, 15) is 18.0 Å². The maximum Gasteiger partial charge on any atom is 0.416 e. The first kappa shape index (κ1) is 17.2. The van der Waals surface area contributed by atoms with Crippen molar-refractivity contribution in [3.8, 4) is 11.8 Å². The normalized spacial score (nSPS) is 12.2. The number of hydrogen-bond donors (Lipinski definition) is 1. The van der Waals surface area contributed by atoms with Crippen molar-refractivity contribution in [1.29, 1.82) is 5.26 Å². The van der Waals surface area contributed by atoms with Crippen molar-refractivity contribution >= 4 is 23.1 Å². The van der Waals surface area contributed by atoms with Gasteiger partial charge in [0.1, 0.15) is 17.3 Å². The number of carboxylic acid groups (broad SMARTS) is 1. The molecule has 0 radical (unpaired) electrons. The largest absolute Gasteiger partial charge is 0.477 e. The summed E-state index contributed by atoms with van der Waals surface area (Å²) in [7, 11) is 0. The third kappa shape index (κ3) is 3.15. The molecule has 0 fully saturated rings. The van der Waals surface area contributed by atoms with Crippen LogP contribution in [-0.4, -0.2) is 20.6 Å². The summed E-state index contributed by atoms with van der Waals surface area (Å²) in [5.41, 5.74) is -0.368. The Labute approximate surface area is 145 Å². The lowest BCUT2D eigenvalue weighted by molar-refractivity contribution is -0.137. The molecule has 26 heavy (non-hydrogen) atoms. The van der Waals surface area contributed by atoms with Crippen LogP contribution in [0.4, 0.5) is 13.2 Å². The molecule has 8 heteroatoms. The van der Waals surface area contributed by atoms with Gasteiger partial charge < -0.3 is 9.67 Å². The fraction of sp³-hybridized carbons (Fsp3) is 0.0556. The Morgan fingerprint density at radius 3 is 2.69 bits per heavy atom. The quantitative estimate of drug-likeness (QED) is 0.567. The fourth-order valence-electron chi connectivity index (χ4n) is 2.53. The molecule has 2 aromatic heterocycles. The Hall–Kier alpha value is -3.60. The van der Waals surface area contributed by atoms with Gasteiger partial charge in [-0.15, -0.1) is 0 Å². The number of nitrogens with zero attached hydrogens (tertiary/aromatic N) is 3. The molecule has 3 aromatic rings. The Morgan fingerprint density at radius 2 is 2.04 bits per heavy atom. The van der Waals surface area contributed by atoms with Gasteiger partial charge in [-0.2, -0.15) is 18.4 Å². The van der Waals surface area contributed by atoms with Crippen molar-refractivity contribution in [2.75, 3.05) is 0 Å². The van der Waals surface area contributed by atoms with Gasteiger partial charge in [0.15, 0.2) is 0 Å². The molecule has 2 heterocycles. The number of fused-ring (bicyclic) bond motifs is 1. The number of alkyl halides is 3. The van der Waals surface area contributed by atoms with Gasteiger partial charge >= 0.3 is 12.1 Å². The maximum absolute atomic E-state index is 13.0. The molecule has 0 spiro atoms. The van der Waals surface area contributed by atoms with E-state index in [0.29, 0.717) is 16.6 Å². The van der Waals surface area contributed by atoms with Gasteiger partial charge in [-0.3, -0.25) is 0 Å². The van der Waals surface area contributed by atoms with E-state index < -0.39 is 23.3 Å². The van der Waals surface area contributed by atoms with E-state index in [1.54, 1.807) is 18.2 Å². The number of benzene rings is 1. The first-order valence-corrected chi connectivity index (χ1v) is 7.30. The Balaban J connectivity index is 2.24. The number of aliphatic carboxylic acids is 1. The highest BCUT2D eigenvalue weighted by Crippen LogP contribution is 2.32. The summed E-state index contributed by atoms with van der Waals surface area (Å²) in [5.74, 6) is -1.39. The van der Waals surface area contributed by atoms with Crippen LogP contribution in [0.2, 0.25) is 0 Å². The number of rotatable bonds is 3. The maximum atomic E-state index is 13.0. The minimum Gasteiger partial charge on any atom is -0.477 e. The van der Waals surface area contributed by atoms with Gasteiger partial charge in [-0.05, 0) is 36.4 Å². The third-order valence-corrected chi connectivity index (χ3v) is 3.70. The number of pyridine rings is 1. The second-order valence-electron chi connectivity index (χ2n) is 5.35. The van der Waals surface area contributed by atoms with E-state index in [2.05, 4.69) is 4.98 Å². The molecule has 0 aliphatic rings. The summed E-state index contributed by atoms with van der Waals surface area (Å²) in [6, 6.07) is 9.54. The molecular weight excluding hydrogens is 347 g/mol. The molecule has 0 saturated carbocycles. The number of carbonyl (C=O) groups is 1. The van der Waals surface area contributed by atoms with Crippen LogP contribution < -0.4 is 0 Å². The molecule has 0 bridgehead atoms. The fourth-order valence-corrected chi connectivity index (χ4v) is 2.53. The van der Waals surface area contributed by atoms with E-state index in [4.69, 9.17) is 10.4 Å². The van der Waals surface area contributed by atoms with Gasteiger partial charge in [-0.1, -0.05) is 6.07 Å². The van der Waals surface area contributed by atoms with Crippen molar-refractivity contribution in [3.63, 3.8) is 0 Å². The lowest BCUT2D eigenvalue weighted by Crippen LogP contribution is -2.06. The Morgan fingerprint density at radius 1 is 1.27 bits per heavy atom. The van der Waals surface area contributed by atoms with Gasteiger partial charge in [0.05, 0.1) is 5.56 Å². The number of halogens is 3. The van der Waals surface area contributed by atoms with Gasteiger partial charge in [0.2, 0.25) is 0 Å². The average molecular weight is 357 g/mol. The highest BCUT2D eigenvalue weighted by Gasteiger charge is 2.30. The van der Waals surface area contributed by atoms with Crippen LogP contribution in [0.3, 0.4) is 0 Å². The van der Waals surface area contributed by atoms with Crippen molar-refractivity contribution in [2.45, 2.75) is 6.18 Å². The number of carboxylic acids is 1. The molecule has 0 atom stereocenters. The summed E-state index contributed by atoms with van der Waals surface area (Å²) in [6.45, 7) is 0. The summed E-state index contributed by atoms with van der Waals surface area (Å²) in [4.78, 5) is 15.2. The van der Waals surface area contributed by atoms with Gasteiger partial charge in [-0.25, -0.2) is 9.78 Å². The predicted molar refractivity (Wildman–Crippen MR) is 87.3 cm³/mol. The van der Waals surface area contributed by atoms with E-state index in [1.165, 1.54) is 29.1 Å². The summed E-state index contributed by atoms with van der Waals surface area (Å²) in [6.07, 6.45) is -0.404. The van der Waals surface area contributed by atoms with Gasteiger partial charge in [0.25, 0.3) is 0 Å². The van der Waals surface area contributed by atoms with Crippen molar-refractivity contribution in [3.05, 3.63) is 65.5 Å². The molecule has 130 valence electrons. The molecule has 0 aliphatic carbocycles. The van der Waals surface area contributed by atoms with Crippen LogP contribution in [-0.2, 0) is 11.0 Å². The summed E-state index contributed by atoms with van der Waals surface area (Å²) < 4.78 is 40.3.